The maximum Gasteiger partial charge on any atom is 0.281 e. The Balaban J connectivity index is 1.82. The maximum atomic E-state index is 13.1. The highest BCUT2D eigenvalue weighted by Gasteiger charge is 2.30. The van der Waals surface area contributed by atoms with Crippen molar-refractivity contribution in [1.29, 1.82) is 0 Å². The number of benzene rings is 1. The third-order valence-corrected chi connectivity index (χ3v) is 5.49. The fourth-order valence-electron chi connectivity index (χ4n) is 2.96. The second kappa shape index (κ2) is 6.19. The summed E-state index contributed by atoms with van der Waals surface area (Å²) in [5.74, 6) is -0.151. The molecule has 0 bridgehead atoms. The third kappa shape index (κ3) is 2.47. The van der Waals surface area contributed by atoms with Gasteiger partial charge in [-0.25, -0.2) is 14.6 Å². The summed E-state index contributed by atoms with van der Waals surface area (Å²) in [6.07, 6.45) is 0. The molecule has 0 unspecified atom stereocenters. The summed E-state index contributed by atoms with van der Waals surface area (Å²) in [5, 5.41) is 5.41. The minimum atomic E-state index is -0.151. The Morgan fingerprint density at radius 1 is 1.23 bits per heavy atom. The molecule has 1 aromatic carbocycles. The summed E-state index contributed by atoms with van der Waals surface area (Å²) in [4.78, 5) is 30.9. The van der Waals surface area contributed by atoms with Gasteiger partial charge in [-0.2, -0.15) is 0 Å². The molecule has 7 nitrogen and oxygen atoms in total. The lowest BCUT2D eigenvalue weighted by Crippen LogP contribution is -2.30. The number of nitrogens with zero attached hydrogens (tertiary/aromatic N) is 4. The molecule has 1 aliphatic rings. The summed E-state index contributed by atoms with van der Waals surface area (Å²) >= 11 is 6.44. The molecule has 1 saturated heterocycles. The van der Waals surface area contributed by atoms with Crippen molar-refractivity contribution in [2.75, 3.05) is 11.4 Å². The molecule has 1 amide bonds. The van der Waals surface area contributed by atoms with E-state index in [9.17, 15) is 9.59 Å². The summed E-state index contributed by atoms with van der Waals surface area (Å²) in [6, 6.07) is 9.44. The summed E-state index contributed by atoms with van der Waals surface area (Å²) in [5.41, 5.74) is 2.49. The first-order valence-electron chi connectivity index (χ1n) is 7.89. The Kier molecular flexibility index (Phi) is 3.97. The van der Waals surface area contributed by atoms with Gasteiger partial charge in [0.2, 0.25) is 0 Å². The normalized spacial score (nSPS) is 14.2. The molecular weight excluding hydrogens is 370 g/mol. The van der Waals surface area contributed by atoms with Crippen molar-refractivity contribution in [2.24, 2.45) is 7.05 Å². The van der Waals surface area contributed by atoms with Crippen LogP contribution in [0.3, 0.4) is 0 Å². The van der Waals surface area contributed by atoms with E-state index in [-0.39, 0.29) is 18.0 Å². The number of thiocarbonyl (C=S) groups is 1. The predicted molar refractivity (Wildman–Crippen MR) is 105 cm³/mol. The number of amides is 1. The zero-order valence-electron chi connectivity index (χ0n) is 14.1. The molecule has 2 aromatic heterocycles. The van der Waals surface area contributed by atoms with Gasteiger partial charge in [-0.3, -0.25) is 14.3 Å². The second-order valence-electron chi connectivity index (χ2n) is 5.84. The van der Waals surface area contributed by atoms with E-state index in [1.54, 1.807) is 14.7 Å². The monoisotopic (exact) mass is 385 g/mol. The van der Waals surface area contributed by atoms with Crippen molar-refractivity contribution in [3.8, 4) is 16.9 Å². The Morgan fingerprint density at radius 2 is 1.96 bits per heavy atom. The van der Waals surface area contributed by atoms with Crippen molar-refractivity contribution in [3.63, 3.8) is 0 Å². The summed E-state index contributed by atoms with van der Waals surface area (Å²) < 4.78 is 3.41. The summed E-state index contributed by atoms with van der Waals surface area (Å²) in [7, 11) is 1.84. The highest BCUT2D eigenvalue weighted by Crippen LogP contribution is 2.29. The maximum absolute atomic E-state index is 13.1. The molecule has 3 heterocycles. The van der Waals surface area contributed by atoms with Crippen LogP contribution in [0.4, 0.5) is 5.13 Å². The van der Waals surface area contributed by atoms with Gasteiger partial charge in [0.05, 0.1) is 23.5 Å². The van der Waals surface area contributed by atoms with Crippen LogP contribution in [0, 0.1) is 6.92 Å². The topological polar surface area (TPSA) is 72.2 Å². The van der Waals surface area contributed by atoms with E-state index < -0.39 is 0 Å². The number of thiazole rings is 1. The van der Waals surface area contributed by atoms with E-state index in [0.717, 1.165) is 11.4 Å². The average molecular weight is 385 g/mol. The van der Waals surface area contributed by atoms with Crippen molar-refractivity contribution in [1.82, 2.24) is 19.7 Å². The average Bonchev–Trinajstić information content (AvgIpc) is 3.27. The fourth-order valence-corrected chi connectivity index (χ4v) is 4.12. The van der Waals surface area contributed by atoms with Crippen LogP contribution in [0.5, 0.6) is 0 Å². The van der Waals surface area contributed by atoms with Crippen molar-refractivity contribution in [2.45, 2.75) is 6.92 Å². The number of rotatable bonds is 3. The lowest BCUT2D eigenvalue weighted by atomic mass is 10.2. The highest BCUT2D eigenvalue weighted by molar-refractivity contribution is 7.80. The van der Waals surface area contributed by atoms with Crippen molar-refractivity contribution >= 4 is 39.7 Å². The number of para-hydroxylation sites is 1. The quantitative estimate of drug-likeness (QED) is 0.697. The number of carbonyl (C=O) groups is 1. The minimum absolute atomic E-state index is 0.151. The second-order valence-corrected chi connectivity index (χ2v) is 7.06. The molecular formula is C17H15N5O2S2. The molecule has 9 heteroatoms. The van der Waals surface area contributed by atoms with Crippen LogP contribution in [0.2, 0.25) is 0 Å². The number of carbonyl (C=O) groups excluding carboxylic acids is 1. The Hall–Kier alpha value is -2.78. The lowest BCUT2D eigenvalue weighted by molar-refractivity contribution is -0.115. The largest absolute Gasteiger partial charge is 0.353 e. The van der Waals surface area contributed by atoms with Gasteiger partial charge in [0, 0.05) is 18.1 Å². The highest BCUT2D eigenvalue weighted by atomic mass is 32.1. The smallest absolute Gasteiger partial charge is 0.281 e. The van der Waals surface area contributed by atoms with Crippen LogP contribution in [0.25, 0.3) is 16.9 Å². The molecule has 0 aliphatic carbocycles. The molecule has 3 aromatic rings. The lowest BCUT2D eigenvalue weighted by Gasteiger charge is -2.09. The molecule has 132 valence electrons. The van der Waals surface area contributed by atoms with E-state index >= 15 is 0 Å². The molecule has 0 spiro atoms. The third-order valence-electron chi connectivity index (χ3n) is 4.34. The first-order chi connectivity index (χ1) is 12.5. The number of nitrogens with one attached hydrogen (secondary N) is 1. The molecule has 4 rings (SSSR count). The zero-order valence-corrected chi connectivity index (χ0v) is 15.7. The molecule has 0 atom stereocenters. The van der Waals surface area contributed by atoms with E-state index in [2.05, 4.69) is 10.3 Å². The van der Waals surface area contributed by atoms with Crippen LogP contribution >= 0.6 is 23.6 Å². The van der Waals surface area contributed by atoms with Crippen LogP contribution < -0.4 is 15.8 Å². The number of hydrogen-bond donors (Lipinski definition) is 1. The molecule has 0 saturated carbocycles. The van der Waals surface area contributed by atoms with E-state index in [0.29, 0.717) is 21.5 Å². The standard InChI is InChI=1S/C17H15N5O2S2/c1-10-14(15(24)22(20(10)2)11-6-4-3-5-7-11)12-9-26-17(19-12)21-13(23)8-18-16(21)25/h3-7,9H,8H2,1-2H3,(H,18,25). The molecule has 1 fully saturated rings. The number of anilines is 1. The van der Waals surface area contributed by atoms with Crippen LogP contribution in [0.15, 0.2) is 40.5 Å². The molecule has 1 N–H and O–H groups in total. The van der Waals surface area contributed by atoms with Gasteiger partial charge in [0.1, 0.15) is 0 Å². The fraction of sp³-hybridized carbons (Fsp3) is 0.176. The number of aromatic nitrogens is 3. The van der Waals surface area contributed by atoms with Crippen LogP contribution in [-0.2, 0) is 11.8 Å². The Labute approximate surface area is 158 Å². The SMILES string of the molecule is Cc1c(-c2csc(N3C(=O)CNC3=S)n2)c(=O)n(-c2ccccc2)n1C. The first-order valence-corrected chi connectivity index (χ1v) is 9.18. The van der Waals surface area contributed by atoms with E-state index in [4.69, 9.17) is 12.2 Å². The molecule has 26 heavy (non-hydrogen) atoms. The van der Waals surface area contributed by atoms with Gasteiger partial charge in [0.15, 0.2) is 10.2 Å². The minimum Gasteiger partial charge on any atom is -0.353 e. The van der Waals surface area contributed by atoms with Gasteiger partial charge < -0.3 is 5.32 Å². The Bertz CT molecular complexity index is 1060. The van der Waals surface area contributed by atoms with E-state index in [1.165, 1.54) is 16.2 Å². The molecule has 0 radical (unpaired) electrons. The van der Waals surface area contributed by atoms with Crippen LogP contribution in [-0.4, -0.2) is 31.9 Å². The zero-order chi connectivity index (χ0) is 18.4. The van der Waals surface area contributed by atoms with E-state index in [1.807, 2.05) is 44.3 Å². The number of hydrogen-bond acceptors (Lipinski definition) is 5. The van der Waals surface area contributed by atoms with Crippen molar-refractivity contribution in [3.05, 3.63) is 51.8 Å². The van der Waals surface area contributed by atoms with Gasteiger partial charge in [-0.15, -0.1) is 11.3 Å². The van der Waals surface area contributed by atoms with Crippen LogP contribution in [0.1, 0.15) is 5.69 Å². The molecule has 1 aliphatic heterocycles. The van der Waals surface area contributed by atoms with Gasteiger partial charge in [0.25, 0.3) is 11.5 Å². The summed E-state index contributed by atoms with van der Waals surface area (Å²) in [6.45, 7) is 2.04. The predicted octanol–water partition coefficient (Wildman–Crippen LogP) is 1.83. The van der Waals surface area contributed by atoms with Gasteiger partial charge in [-0.1, -0.05) is 18.2 Å². The van der Waals surface area contributed by atoms with Gasteiger partial charge in [-0.05, 0) is 31.3 Å². The first kappa shape index (κ1) is 16.7. The Morgan fingerprint density at radius 3 is 2.62 bits per heavy atom. The van der Waals surface area contributed by atoms with Gasteiger partial charge >= 0.3 is 0 Å². The van der Waals surface area contributed by atoms with Crippen molar-refractivity contribution < 1.29 is 4.79 Å².